The van der Waals surface area contributed by atoms with E-state index >= 15 is 0 Å². The Labute approximate surface area is 251 Å². The van der Waals surface area contributed by atoms with Crippen LogP contribution in [-0.2, 0) is 32.6 Å². The first kappa shape index (κ1) is 32.4. The number of nitrogens with zero attached hydrogens (tertiary/aromatic N) is 2. The van der Waals surface area contributed by atoms with E-state index in [4.69, 9.17) is 23.2 Å². The zero-order chi connectivity index (χ0) is 30.0. The lowest BCUT2D eigenvalue weighted by Crippen LogP contribution is -2.50. The molecule has 1 atom stereocenters. The molecule has 0 fully saturated rings. The molecule has 3 rings (SSSR count). The average molecular weight is 623 g/mol. The molecule has 3 aromatic carbocycles. The fourth-order valence-electron chi connectivity index (χ4n) is 4.39. The van der Waals surface area contributed by atoms with E-state index in [1.165, 1.54) is 23.1 Å². The van der Waals surface area contributed by atoms with Gasteiger partial charge in [-0.15, -0.1) is 0 Å². The standard InChI is InChI=1S/C30H34Cl2FN3O4S/c1-3-17-34-30(38)28(19-22-10-5-4-6-11-22)35(21-23-12-7-8-13-26(23)33)29(37)14-9-18-36(41(2,39)40)27-20-24(31)15-16-25(27)32/h4-8,10-13,15-16,20,28H,3,9,14,17-19,21H2,1-2H3,(H,34,38)/t28-/m0/s1. The van der Waals surface area contributed by atoms with E-state index < -0.39 is 27.8 Å². The first-order valence-corrected chi connectivity index (χ1v) is 15.9. The van der Waals surface area contributed by atoms with Crippen molar-refractivity contribution in [3.8, 4) is 0 Å². The molecule has 41 heavy (non-hydrogen) atoms. The van der Waals surface area contributed by atoms with Gasteiger partial charge in [-0.05, 0) is 42.7 Å². The molecule has 0 heterocycles. The summed E-state index contributed by atoms with van der Waals surface area (Å²) in [5.74, 6) is -1.24. The number of nitrogens with one attached hydrogen (secondary N) is 1. The second-order valence-corrected chi connectivity index (χ2v) is 12.4. The third kappa shape index (κ3) is 9.45. The van der Waals surface area contributed by atoms with Gasteiger partial charge >= 0.3 is 0 Å². The van der Waals surface area contributed by atoms with Crippen molar-refractivity contribution in [2.24, 2.45) is 0 Å². The van der Waals surface area contributed by atoms with Crippen molar-refractivity contribution in [1.82, 2.24) is 10.2 Å². The third-order valence-electron chi connectivity index (χ3n) is 6.45. The highest BCUT2D eigenvalue weighted by Gasteiger charge is 2.31. The number of halogens is 3. The van der Waals surface area contributed by atoms with Gasteiger partial charge in [-0.3, -0.25) is 13.9 Å². The van der Waals surface area contributed by atoms with Gasteiger partial charge in [0.15, 0.2) is 0 Å². The van der Waals surface area contributed by atoms with Crippen LogP contribution >= 0.6 is 23.2 Å². The average Bonchev–Trinajstić information content (AvgIpc) is 2.94. The molecule has 7 nitrogen and oxygen atoms in total. The minimum Gasteiger partial charge on any atom is -0.354 e. The van der Waals surface area contributed by atoms with Crippen molar-refractivity contribution in [2.45, 2.75) is 45.2 Å². The van der Waals surface area contributed by atoms with Crippen LogP contribution in [0, 0.1) is 5.82 Å². The van der Waals surface area contributed by atoms with Gasteiger partial charge in [0.05, 0.1) is 17.0 Å². The SMILES string of the molecule is CCCNC(=O)[C@H](Cc1ccccc1)N(Cc1ccccc1F)C(=O)CCCN(c1cc(Cl)ccc1Cl)S(C)(=O)=O. The maximum Gasteiger partial charge on any atom is 0.243 e. The van der Waals surface area contributed by atoms with Crippen molar-refractivity contribution in [2.75, 3.05) is 23.7 Å². The van der Waals surface area contributed by atoms with E-state index in [-0.39, 0.29) is 54.5 Å². The van der Waals surface area contributed by atoms with Gasteiger partial charge in [0.25, 0.3) is 0 Å². The highest BCUT2D eigenvalue weighted by Crippen LogP contribution is 2.31. The number of amides is 2. The highest BCUT2D eigenvalue weighted by molar-refractivity contribution is 7.92. The first-order valence-electron chi connectivity index (χ1n) is 13.3. The lowest BCUT2D eigenvalue weighted by Gasteiger charge is -2.32. The maximum atomic E-state index is 14.7. The van der Waals surface area contributed by atoms with Crippen LogP contribution in [-0.4, -0.2) is 50.5 Å². The molecule has 1 N–H and O–H groups in total. The van der Waals surface area contributed by atoms with Crippen molar-refractivity contribution in [3.63, 3.8) is 0 Å². The molecule has 11 heteroatoms. The Morgan fingerprint density at radius 3 is 2.34 bits per heavy atom. The molecule has 220 valence electrons. The molecule has 0 radical (unpaired) electrons. The zero-order valence-electron chi connectivity index (χ0n) is 23.0. The molecule has 0 aliphatic heterocycles. The molecule has 0 saturated heterocycles. The summed E-state index contributed by atoms with van der Waals surface area (Å²) in [7, 11) is -3.76. The second-order valence-electron chi connectivity index (χ2n) is 9.64. The van der Waals surface area contributed by atoms with Gasteiger partial charge in [0, 0.05) is 43.1 Å². The number of anilines is 1. The van der Waals surface area contributed by atoms with Gasteiger partial charge in [-0.1, -0.05) is 78.7 Å². The Morgan fingerprint density at radius 1 is 1.00 bits per heavy atom. The summed E-state index contributed by atoms with van der Waals surface area (Å²) < 4.78 is 41.1. The van der Waals surface area contributed by atoms with Crippen molar-refractivity contribution >= 4 is 50.7 Å². The maximum absolute atomic E-state index is 14.7. The summed E-state index contributed by atoms with van der Waals surface area (Å²) in [6.45, 7) is 2.17. The van der Waals surface area contributed by atoms with Crippen molar-refractivity contribution in [1.29, 1.82) is 0 Å². The molecule has 0 aliphatic rings. The molecular weight excluding hydrogens is 588 g/mol. The quantitative estimate of drug-likeness (QED) is 0.245. The van der Waals surface area contributed by atoms with E-state index in [1.54, 1.807) is 24.3 Å². The molecule has 0 aliphatic carbocycles. The molecule has 0 unspecified atom stereocenters. The van der Waals surface area contributed by atoms with Crippen LogP contribution in [0.3, 0.4) is 0 Å². The van der Waals surface area contributed by atoms with Crippen LogP contribution in [0.2, 0.25) is 10.0 Å². The van der Waals surface area contributed by atoms with Crippen LogP contribution in [0.4, 0.5) is 10.1 Å². The van der Waals surface area contributed by atoms with E-state index in [0.717, 1.165) is 16.1 Å². The van der Waals surface area contributed by atoms with E-state index in [9.17, 15) is 22.4 Å². The summed E-state index contributed by atoms with van der Waals surface area (Å²) in [5.41, 5.74) is 1.32. The lowest BCUT2D eigenvalue weighted by molar-refractivity contribution is -0.141. The Morgan fingerprint density at radius 2 is 1.68 bits per heavy atom. The van der Waals surface area contributed by atoms with Crippen LogP contribution in [0.25, 0.3) is 0 Å². The Bertz CT molecular complexity index is 1440. The van der Waals surface area contributed by atoms with Gasteiger partial charge in [-0.25, -0.2) is 12.8 Å². The number of hydrogen-bond acceptors (Lipinski definition) is 4. The zero-order valence-corrected chi connectivity index (χ0v) is 25.4. The van der Waals surface area contributed by atoms with E-state index in [2.05, 4.69) is 5.32 Å². The third-order valence-corrected chi connectivity index (χ3v) is 8.18. The molecule has 0 spiro atoms. The topological polar surface area (TPSA) is 86.8 Å². The van der Waals surface area contributed by atoms with Gasteiger partial charge in [0.1, 0.15) is 11.9 Å². The number of benzene rings is 3. The fourth-order valence-corrected chi connectivity index (χ4v) is 5.79. The van der Waals surface area contributed by atoms with Gasteiger partial charge in [-0.2, -0.15) is 0 Å². The monoisotopic (exact) mass is 621 g/mol. The van der Waals surface area contributed by atoms with Crippen LogP contribution in [0.15, 0.2) is 72.8 Å². The van der Waals surface area contributed by atoms with Crippen molar-refractivity contribution in [3.05, 3.63) is 99.8 Å². The Hall–Kier alpha value is -3.14. The molecule has 0 saturated carbocycles. The molecule has 0 bridgehead atoms. The molecule has 0 aromatic heterocycles. The highest BCUT2D eigenvalue weighted by atomic mass is 35.5. The summed E-state index contributed by atoms with van der Waals surface area (Å²) in [4.78, 5) is 28.5. The molecule has 2 amide bonds. The van der Waals surface area contributed by atoms with Crippen LogP contribution in [0.1, 0.15) is 37.3 Å². The van der Waals surface area contributed by atoms with Crippen LogP contribution < -0.4 is 9.62 Å². The predicted octanol–water partition coefficient (Wildman–Crippen LogP) is 5.85. The minimum atomic E-state index is -3.76. The number of carbonyl (C=O) groups is 2. The normalized spacial score (nSPS) is 12.0. The number of hydrogen-bond donors (Lipinski definition) is 1. The van der Waals surface area contributed by atoms with Gasteiger partial charge in [0.2, 0.25) is 21.8 Å². The van der Waals surface area contributed by atoms with E-state index in [0.29, 0.717) is 18.0 Å². The second kappa shape index (κ2) is 15.2. The summed E-state index contributed by atoms with van der Waals surface area (Å²) in [6.07, 6.45) is 2.01. The Kier molecular flexibility index (Phi) is 12.0. The number of sulfonamides is 1. The minimum absolute atomic E-state index is 0.0520. The summed E-state index contributed by atoms with van der Waals surface area (Å²) in [6, 6.07) is 19.0. The molecule has 3 aromatic rings. The fraction of sp³-hybridized carbons (Fsp3) is 0.333. The van der Waals surface area contributed by atoms with Crippen molar-refractivity contribution < 1.29 is 22.4 Å². The lowest BCUT2D eigenvalue weighted by atomic mass is 10.0. The predicted molar refractivity (Wildman–Crippen MR) is 162 cm³/mol. The van der Waals surface area contributed by atoms with Crippen LogP contribution in [0.5, 0.6) is 0 Å². The number of carbonyl (C=O) groups excluding carboxylic acids is 2. The smallest absolute Gasteiger partial charge is 0.243 e. The largest absolute Gasteiger partial charge is 0.354 e. The Balaban J connectivity index is 1.90. The number of rotatable bonds is 14. The molecular formula is C30H34Cl2FN3O4S. The first-order chi connectivity index (χ1) is 19.5. The van der Waals surface area contributed by atoms with E-state index in [1.807, 2.05) is 37.3 Å². The van der Waals surface area contributed by atoms with Gasteiger partial charge < -0.3 is 10.2 Å². The summed E-state index contributed by atoms with van der Waals surface area (Å²) >= 11 is 12.4. The summed E-state index contributed by atoms with van der Waals surface area (Å²) in [5, 5.41) is 3.38.